The van der Waals surface area contributed by atoms with Gasteiger partial charge in [0, 0.05) is 17.0 Å². The summed E-state index contributed by atoms with van der Waals surface area (Å²) in [5.41, 5.74) is 0.517. The molecule has 4 heterocycles. The van der Waals surface area contributed by atoms with Crippen LogP contribution in [0.1, 0.15) is 0 Å². The summed E-state index contributed by atoms with van der Waals surface area (Å²) in [6, 6.07) is 0. The van der Waals surface area contributed by atoms with Gasteiger partial charge < -0.3 is 0 Å². The van der Waals surface area contributed by atoms with Gasteiger partial charge in [-0.2, -0.15) is 0 Å². The van der Waals surface area contributed by atoms with Crippen LogP contribution in [0.25, 0.3) is 0 Å². The Bertz CT molecular complexity index is 244. The van der Waals surface area contributed by atoms with Crippen LogP contribution >= 0.6 is 90.4 Å². The molecule has 4 atom stereocenters. The highest BCUT2D eigenvalue weighted by atomic mass is 127. The van der Waals surface area contributed by atoms with Gasteiger partial charge in [0.05, 0.1) is 17.6 Å². The van der Waals surface area contributed by atoms with Gasteiger partial charge in [0.15, 0.2) is 0 Å². The Kier molecular flexibility index (Phi) is 3.33. The van der Waals surface area contributed by atoms with E-state index < -0.39 is 0 Å². The molecule has 0 radical (unpaired) electrons. The van der Waals surface area contributed by atoms with E-state index in [0.717, 1.165) is 13.9 Å². The summed E-state index contributed by atoms with van der Waals surface area (Å²) in [4.78, 5) is 2.65. The molecular formula is C8H10I4N2. The predicted molar refractivity (Wildman–Crippen MR) is 91.9 cm³/mol. The average molecular weight is 642 g/mol. The lowest BCUT2D eigenvalue weighted by molar-refractivity contribution is -0.0743. The molecule has 4 aliphatic heterocycles. The van der Waals surface area contributed by atoms with Crippen molar-refractivity contribution in [1.29, 1.82) is 0 Å². The Morgan fingerprint density at radius 3 is 2.00 bits per heavy atom. The zero-order valence-corrected chi connectivity index (χ0v) is 15.9. The van der Waals surface area contributed by atoms with E-state index in [9.17, 15) is 0 Å². The fraction of sp³-hybridized carbons (Fsp3) is 1.00. The molecule has 1 spiro atoms. The van der Waals surface area contributed by atoms with E-state index in [1.165, 1.54) is 13.1 Å². The molecule has 0 aromatic carbocycles. The third kappa shape index (κ3) is 1.30. The lowest BCUT2D eigenvalue weighted by atomic mass is 9.67. The van der Waals surface area contributed by atoms with Crippen molar-refractivity contribution in [1.82, 2.24) is 10.2 Å². The van der Waals surface area contributed by atoms with Gasteiger partial charge in [-0.1, -0.05) is 90.4 Å². The van der Waals surface area contributed by atoms with E-state index in [1.807, 2.05) is 0 Å². The lowest BCUT2D eigenvalue weighted by Crippen LogP contribution is -2.82. The highest BCUT2D eigenvalue weighted by Crippen LogP contribution is 2.61. The molecule has 6 heteroatoms. The van der Waals surface area contributed by atoms with Gasteiger partial charge in [-0.3, -0.25) is 10.2 Å². The van der Waals surface area contributed by atoms with E-state index >= 15 is 0 Å². The van der Waals surface area contributed by atoms with Crippen molar-refractivity contribution in [3.63, 3.8) is 0 Å². The third-order valence-corrected chi connectivity index (χ3v) is 10.6. The molecule has 4 saturated heterocycles. The van der Waals surface area contributed by atoms with Crippen LogP contribution in [0.5, 0.6) is 0 Å². The molecule has 0 aliphatic carbocycles. The molecule has 1 N–H and O–H groups in total. The summed E-state index contributed by atoms with van der Waals surface area (Å²) < 4.78 is 2.92. The van der Waals surface area contributed by atoms with Gasteiger partial charge in [0.25, 0.3) is 0 Å². The summed E-state index contributed by atoms with van der Waals surface area (Å²) >= 11 is 10.6. The maximum absolute atomic E-state index is 3.61. The number of rotatable bonds is 0. The van der Waals surface area contributed by atoms with Crippen LogP contribution < -0.4 is 5.32 Å². The summed E-state index contributed by atoms with van der Waals surface area (Å²) in [7, 11) is 0. The number of halogens is 4. The Hall–Kier alpha value is 2.84. The lowest BCUT2D eigenvalue weighted by Gasteiger charge is -2.68. The smallest absolute Gasteiger partial charge is 0.0731 e. The van der Waals surface area contributed by atoms with Crippen LogP contribution in [0.15, 0.2) is 0 Å². The zero-order chi connectivity index (χ0) is 10.1. The number of hydrogen-bond donors (Lipinski definition) is 1. The van der Waals surface area contributed by atoms with E-state index in [-0.39, 0.29) is 0 Å². The van der Waals surface area contributed by atoms with Gasteiger partial charge >= 0.3 is 0 Å². The van der Waals surface area contributed by atoms with Crippen LogP contribution in [0.4, 0.5) is 0 Å². The quantitative estimate of drug-likeness (QED) is 0.249. The van der Waals surface area contributed by atoms with Crippen molar-refractivity contribution in [2.24, 2.45) is 11.3 Å². The van der Waals surface area contributed by atoms with Crippen molar-refractivity contribution < 1.29 is 0 Å². The summed E-state index contributed by atoms with van der Waals surface area (Å²) in [6.45, 7) is 2.69. The van der Waals surface area contributed by atoms with Gasteiger partial charge in [0.1, 0.15) is 0 Å². The van der Waals surface area contributed by atoms with Crippen LogP contribution in [0.3, 0.4) is 0 Å². The maximum atomic E-state index is 3.61. The first-order valence-corrected chi connectivity index (χ1v) is 9.63. The third-order valence-electron chi connectivity index (χ3n) is 3.73. The van der Waals surface area contributed by atoms with Crippen LogP contribution in [0, 0.1) is 11.3 Å². The Balaban J connectivity index is 1.97. The number of alkyl halides is 4. The molecule has 0 aromatic rings. The van der Waals surface area contributed by atoms with Crippen molar-refractivity contribution in [3.05, 3.63) is 0 Å². The normalized spacial score (nSPS) is 66.0. The molecule has 14 heavy (non-hydrogen) atoms. The minimum atomic E-state index is 0.517. The van der Waals surface area contributed by atoms with E-state index in [0.29, 0.717) is 13.5 Å². The second-order valence-corrected chi connectivity index (χ2v) is 9.36. The number of nitrogens with zero attached hydrogens (tertiary/aromatic N) is 1. The van der Waals surface area contributed by atoms with Gasteiger partial charge in [-0.15, -0.1) is 0 Å². The first kappa shape index (κ1) is 11.9. The van der Waals surface area contributed by atoms with Crippen molar-refractivity contribution in [2.75, 3.05) is 13.1 Å². The molecule has 2 nitrogen and oxygen atoms in total. The van der Waals surface area contributed by atoms with Gasteiger partial charge in [0.2, 0.25) is 0 Å². The Morgan fingerprint density at radius 2 is 1.64 bits per heavy atom. The summed E-state index contributed by atoms with van der Waals surface area (Å²) in [6.07, 6.45) is 0. The maximum Gasteiger partial charge on any atom is 0.0731 e. The van der Waals surface area contributed by atoms with Crippen molar-refractivity contribution in [3.8, 4) is 0 Å². The van der Waals surface area contributed by atoms with E-state index in [2.05, 4.69) is 101 Å². The minimum absolute atomic E-state index is 0.517. The standard InChI is InChI=1S/C8H10I4N2/c9-4-3-1-14(2-3)7(12)8(4)5(10)13-6(8)11/h3-7,13H,1-2H2. The molecule has 80 valence electrons. The first-order chi connectivity index (χ1) is 6.58. The molecule has 0 amide bonds. The summed E-state index contributed by atoms with van der Waals surface area (Å²) in [5, 5.41) is 3.61. The van der Waals surface area contributed by atoms with E-state index in [1.54, 1.807) is 0 Å². The van der Waals surface area contributed by atoms with Crippen molar-refractivity contribution >= 4 is 90.4 Å². The fourth-order valence-electron chi connectivity index (χ4n) is 2.75. The predicted octanol–water partition coefficient (Wildman–Crippen LogP) is 2.61. The van der Waals surface area contributed by atoms with Gasteiger partial charge in [-0.25, -0.2) is 0 Å². The Labute approximate surface area is 139 Å². The fourth-order valence-corrected chi connectivity index (χ4v) is 13.5. The molecule has 4 rings (SSSR count). The number of nitrogens with one attached hydrogen (secondary N) is 1. The minimum Gasteiger partial charge on any atom is -0.293 e. The Morgan fingerprint density at radius 1 is 1.07 bits per heavy atom. The molecule has 0 aromatic heterocycles. The monoisotopic (exact) mass is 642 g/mol. The molecule has 4 aliphatic rings. The molecule has 4 fully saturated rings. The molecular weight excluding hydrogens is 632 g/mol. The van der Waals surface area contributed by atoms with Gasteiger partial charge in [-0.05, 0) is 5.92 Å². The average Bonchev–Trinajstić information content (AvgIpc) is 2.00. The number of hydrogen-bond acceptors (Lipinski definition) is 2. The highest BCUT2D eigenvalue weighted by molar-refractivity contribution is 14.1. The second-order valence-electron chi connectivity index (χ2n) is 4.34. The largest absolute Gasteiger partial charge is 0.293 e. The van der Waals surface area contributed by atoms with Crippen LogP contribution in [-0.4, -0.2) is 34.1 Å². The SMILES string of the molecule is IC1NC(I)C12C(I)C1CN(C1)C2I. The van der Waals surface area contributed by atoms with Crippen molar-refractivity contribution in [2.45, 2.75) is 16.1 Å². The number of piperidine rings is 2. The zero-order valence-electron chi connectivity index (χ0n) is 7.26. The van der Waals surface area contributed by atoms with Crippen LogP contribution in [0.2, 0.25) is 0 Å². The van der Waals surface area contributed by atoms with Crippen LogP contribution in [-0.2, 0) is 0 Å². The van der Waals surface area contributed by atoms with E-state index in [4.69, 9.17) is 0 Å². The first-order valence-electron chi connectivity index (χ1n) is 4.65. The molecule has 4 unspecified atom stereocenters. The highest BCUT2D eigenvalue weighted by Gasteiger charge is 2.68. The molecule has 0 saturated carbocycles. The summed E-state index contributed by atoms with van der Waals surface area (Å²) in [5.74, 6) is 0.957. The topological polar surface area (TPSA) is 15.3 Å². The molecule has 2 bridgehead atoms. The second kappa shape index (κ2) is 3.92.